The van der Waals surface area contributed by atoms with Crippen LogP contribution in [0, 0.1) is 22.7 Å². The lowest BCUT2D eigenvalue weighted by molar-refractivity contribution is 0.269. The van der Waals surface area contributed by atoms with Gasteiger partial charge in [-0.3, -0.25) is 0 Å². The molecule has 0 heterocycles. The Hall–Kier alpha value is -1.24. The van der Waals surface area contributed by atoms with E-state index in [1.807, 2.05) is 0 Å². The average Bonchev–Trinajstić information content (AvgIpc) is 2.85. The summed E-state index contributed by atoms with van der Waals surface area (Å²) in [5.41, 5.74) is 0. The lowest BCUT2D eigenvalue weighted by atomic mass is 9.81. The van der Waals surface area contributed by atoms with E-state index >= 15 is 0 Å². The molecule has 0 atom stereocenters. The third-order valence-electron chi connectivity index (χ3n) is 4.47. The normalized spacial score (nSPS) is 20.6. The van der Waals surface area contributed by atoms with Crippen LogP contribution >= 0.6 is 0 Å². The number of nitrogens with one attached hydrogen (secondary N) is 2. The van der Waals surface area contributed by atoms with Crippen molar-refractivity contribution in [3.05, 3.63) is 0 Å². The Morgan fingerprint density at radius 1 is 0.550 bits per heavy atom. The Balaban J connectivity index is 0.000000520. The van der Waals surface area contributed by atoms with Crippen molar-refractivity contribution in [2.45, 2.75) is 77.0 Å². The zero-order valence-corrected chi connectivity index (χ0v) is 12.5. The molecule has 2 rings (SSSR count). The summed E-state index contributed by atoms with van der Waals surface area (Å²) in [5, 5.41) is 10.8. The number of rotatable bonds is 1. The van der Waals surface area contributed by atoms with Crippen LogP contribution in [0.25, 0.3) is 0 Å². The van der Waals surface area contributed by atoms with Gasteiger partial charge in [-0.25, -0.2) is 20.4 Å². The first-order valence-electron chi connectivity index (χ1n) is 7.87. The van der Waals surface area contributed by atoms with Gasteiger partial charge in [0.25, 0.3) is 0 Å². The number of hydrogen-bond acceptors (Lipinski definition) is 4. The van der Waals surface area contributed by atoms with Crippen molar-refractivity contribution in [2.24, 2.45) is 11.8 Å². The molecular weight excluding hydrogens is 252 g/mol. The molecule has 4 heteroatoms. The number of carbonyl (C=O) groups excluding carboxylic acids is 2. The summed E-state index contributed by atoms with van der Waals surface area (Å²) in [5.74, 6) is 2.24. The zero-order valence-electron chi connectivity index (χ0n) is 12.5. The minimum absolute atomic E-state index is 0.750. The minimum Gasteiger partial charge on any atom is -0.222 e. The van der Waals surface area contributed by atoms with Gasteiger partial charge in [-0.05, 0) is 11.8 Å². The second-order valence-electron chi connectivity index (χ2n) is 5.71. The molecule has 114 valence electrons. The summed E-state index contributed by atoms with van der Waals surface area (Å²) in [6, 6.07) is 0. The first-order valence-corrected chi connectivity index (χ1v) is 7.87. The van der Waals surface area contributed by atoms with E-state index in [1.165, 1.54) is 51.4 Å². The molecule has 2 fully saturated rings. The first kappa shape index (κ1) is 18.8. The van der Waals surface area contributed by atoms with Crippen molar-refractivity contribution in [1.82, 2.24) is 0 Å². The minimum atomic E-state index is 0.750. The molecule has 0 bridgehead atoms. The Morgan fingerprint density at radius 2 is 0.750 bits per heavy atom. The molecule has 0 unspecified atom stereocenters. The van der Waals surface area contributed by atoms with E-state index in [2.05, 4.69) is 0 Å². The number of hydrogen-bond donors (Lipinski definition) is 2. The molecule has 0 saturated heterocycles. The molecule has 2 aliphatic rings. The van der Waals surface area contributed by atoms with Crippen molar-refractivity contribution < 1.29 is 9.59 Å². The van der Waals surface area contributed by atoms with E-state index in [1.54, 1.807) is 25.7 Å². The van der Waals surface area contributed by atoms with Gasteiger partial charge in [-0.2, -0.15) is 0 Å². The Bertz CT molecular complexity index is 247. The first-order chi connectivity index (χ1) is 9.79. The van der Waals surface area contributed by atoms with Crippen molar-refractivity contribution in [2.75, 3.05) is 0 Å². The summed E-state index contributed by atoms with van der Waals surface area (Å²) < 4.78 is 0. The molecule has 20 heavy (non-hydrogen) atoms. The molecule has 2 aliphatic carbocycles. The van der Waals surface area contributed by atoms with Crippen LogP contribution in [0.3, 0.4) is 0 Å². The predicted molar refractivity (Wildman–Crippen MR) is 79.2 cm³/mol. The highest BCUT2D eigenvalue weighted by atomic mass is 16.1. The Kier molecular flexibility index (Phi) is 13.3. The fourth-order valence-corrected chi connectivity index (χ4v) is 3.56. The highest BCUT2D eigenvalue weighted by molar-refractivity contribution is 5.26. The summed E-state index contributed by atoms with van der Waals surface area (Å²) in [7, 11) is 0. The van der Waals surface area contributed by atoms with E-state index in [0.717, 1.165) is 24.0 Å². The molecule has 0 aromatic heterocycles. The van der Waals surface area contributed by atoms with E-state index in [4.69, 9.17) is 20.4 Å². The highest BCUT2D eigenvalue weighted by Gasteiger charge is 2.23. The fourth-order valence-electron chi connectivity index (χ4n) is 3.56. The predicted octanol–water partition coefficient (Wildman–Crippen LogP) is 4.73. The van der Waals surface area contributed by atoms with E-state index in [0.29, 0.717) is 0 Å². The van der Waals surface area contributed by atoms with Crippen molar-refractivity contribution in [1.29, 1.82) is 10.8 Å². The second kappa shape index (κ2) is 14.2. The highest BCUT2D eigenvalue weighted by Crippen LogP contribution is 2.36. The molecule has 0 amide bonds. The van der Waals surface area contributed by atoms with Crippen LogP contribution in [0.15, 0.2) is 0 Å². The van der Waals surface area contributed by atoms with Gasteiger partial charge in [0.2, 0.25) is 12.2 Å². The van der Waals surface area contributed by atoms with Crippen LogP contribution in [0.4, 0.5) is 0 Å². The lowest BCUT2D eigenvalue weighted by Crippen LogP contribution is -2.13. The molecule has 0 aliphatic heterocycles. The van der Waals surface area contributed by atoms with Crippen molar-refractivity contribution in [3.8, 4) is 0 Å². The average molecular weight is 280 g/mol. The van der Waals surface area contributed by atoms with Crippen molar-refractivity contribution >= 4 is 12.2 Å². The Labute approximate surface area is 122 Å². The standard InChI is InChI=1S/C14H26.2CHNO/c1-2-6-10-13(9-5-1)14-11-7-3-4-8-12-14;2*2-1-3/h13-14H,1-12H2;2*2H. The maximum absolute atomic E-state index is 8.35. The van der Waals surface area contributed by atoms with Crippen LogP contribution in [0.1, 0.15) is 77.0 Å². The largest absolute Gasteiger partial charge is 0.231 e. The lowest BCUT2D eigenvalue weighted by Gasteiger charge is -2.24. The molecule has 2 saturated carbocycles. The zero-order chi connectivity index (χ0) is 15.1. The van der Waals surface area contributed by atoms with Gasteiger partial charge in [0.05, 0.1) is 0 Å². The molecule has 0 radical (unpaired) electrons. The van der Waals surface area contributed by atoms with Crippen LogP contribution in [-0.4, -0.2) is 12.2 Å². The van der Waals surface area contributed by atoms with Gasteiger partial charge in [0.15, 0.2) is 0 Å². The van der Waals surface area contributed by atoms with Gasteiger partial charge in [-0.15, -0.1) is 0 Å². The van der Waals surface area contributed by atoms with Crippen molar-refractivity contribution in [3.63, 3.8) is 0 Å². The summed E-state index contributed by atoms with van der Waals surface area (Å²) >= 11 is 0. The fraction of sp³-hybridized carbons (Fsp3) is 0.875. The van der Waals surface area contributed by atoms with E-state index in [9.17, 15) is 0 Å². The smallest absolute Gasteiger partial charge is 0.222 e. The quantitative estimate of drug-likeness (QED) is 0.413. The maximum atomic E-state index is 8.35. The monoisotopic (exact) mass is 280 g/mol. The molecule has 0 spiro atoms. The molecular formula is C16H28N2O2. The van der Waals surface area contributed by atoms with Gasteiger partial charge in [0, 0.05) is 0 Å². The maximum Gasteiger partial charge on any atom is 0.231 e. The molecule has 4 nitrogen and oxygen atoms in total. The van der Waals surface area contributed by atoms with E-state index < -0.39 is 0 Å². The van der Waals surface area contributed by atoms with Crippen LogP contribution in [-0.2, 0) is 9.59 Å². The van der Waals surface area contributed by atoms with Crippen LogP contribution in [0.2, 0.25) is 0 Å². The molecule has 0 aromatic rings. The molecule has 0 aromatic carbocycles. The Morgan fingerprint density at radius 3 is 0.950 bits per heavy atom. The van der Waals surface area contributed by atoms with Crippen LogP contribution in [0.5, 0.6) is 0 Å². The second-order valence-corrected chi connectivity index (χ2v) is 5.71. The van der Waals surface area contributed by atoms with Gasteiger partial charge >= 0.3 is 0 Å². The topological polar surface area (TPSA) is 81.8 Å². The summed E-state index contributed by atoms with van der Waals surface area (Å²) in [6.07, 6.45) is 19.9. The van der Waals surface area contributed by atoms with Gasteiger partial charge in [-0.1, -0.05) is 77.0 Å². The third-order valence-corrected chi connectivity index (χ3v) is 4.47. The van der Waals surface area contributed by atoms with Gasteiger partial charge < -0.3 is 0 Å². The third kappa shape index (κ3) is 9.66. The summed E-state index contributed by atoms with van der Waals surface area (Å²) in [4.78, 5) is 16.7. The number of isocyanates is 2. The molecule has 2 N–H and O–H groups in total. The SMILES string of the molecule is C1CCCC(C2CCCCCC2)CC1.N=C=O.N=C=O. The summed E-state index contributed by atoms with van der Waals surface area (Å²) in [6.45, 7) is 0. The van der Waals surface area contributed by atoms with E-state index in [-0.39, 0.29) is 0 Å². The van der Waals surface area contributed by atoms with Crippen LogP contribution < -0.4 is 0 Å². The van der Waals surface area contributed by atoms with Gasteiger partial charge in [0.1, 0.15) is 0 Å².